The van der Waals surface area contributed by atoms with Crippen LogP contribution in [0.3, 0.4) is 0 Å². The van der Waals surface area contributed by atoms with E-state index in [-0.39, 0.29) is 18.4 Å². The van der Waals surface area contributed by atoms with Crippen LogP contribution in [0.25, 0.3) is 11.4 Å². The van der Waals surface area contributed by atoms with Gasteiger partial charge < -0.3 is 19.7 Å². The lowest BCUT2D eigenvalue weighted by Crippen LogP contribution is -2.34. The fourth-order valence-electron chi connectivity index (χ4n) is 3.55. The van der Waals surface area contributed by atoms with Gasteiger partial charge in [0.2, 0.25) is 17.6 Å². The molecule has 0 saturated heterocycles. The highest BCUT2D eigenvalue weighted by molar-refractivity contribution is 5.77. The van der Waals surface area contributed by atoms with Crippen LogP contribution >= 0.6 is 0 Å². The van der Waals surface area contributed by atoms with Crippen molar-refractivity contribution in [2.45, 2.75) is 38.3 Å². The standard InChI is InChI=1S/C22H23N3O4/c1-2-28-16-9-7-14(8-10-16)22-24-20(29-25-22)12-11-19(27)23-21-17-6-4-3-5-15(17)13-18(21)26/h3-10,18,21,26H,2,11-13H2,1H3,(H,23,27). The Labute approximate surface area is 168 Å². The summed E-state index contributed by atoms with van der Waals surface area (Å²) in [5.41, 5.74) is 2.87. The molecule has 1 aliphatic rings. The van der Waals surface area contributed by atoms with Crippen molar-refractivity contribution >= 4 is 5.91 Å². The summed E-state index contributed by atoms with van der Waals surface area (Å²) >= 11 is 0. The summed E-state index contributed by atoms with van der Waals surface area (Å²) in [5, 5.41) is 17.2. The first-order valence-corrected chi connectivity index (χ1v) is 9.75. The normalized spacial score (nSPS) is 17.7. The molecule has 7 nitrogen and oxygen atoms in total. The molecule has 150 valence electrons. The molecule has 0 bridgehead atoms. The number of hydrogen-bond donors (Lipinski definition) is 2. The number of rotatable bonds is 7. The van der Waals surface area contributed by atoms with Crippen LogP contribution in [0, 0.1) is 0 Å². The number of amides is 1. The van der Waals surface area contributed by atoms with Gasteiger partial charge in [0, 0.05) is 24.8 Å². The number of benzene rings is 2. The van der Waals surface area contributed by atoms with E-state index in [4.69, 9.17) is 9.26 Å². The minimum atomic E-state index is -0.606. The fourth-order valence-corrected chi connectivity index (χ4v) is 3.55. The van der Waals surface area contributed by atoms with Crippen LogP contribution in [0.4, 0.5) is 0 Å². The first kappa shape index (κ1) is 19.1. The molecular weight excluding hydrogens is 370 g/mol. The summed E-state index contributed by atoms with van der Waals surface area (Å²) in [4.78, 5) is 16.7. The predicted molar refractivity (Wildman–Crippen MR) is 106 cm³/mol. The monoisotopic (exact) mass is 393 g/mol. The highest BCUT2D eigenvalue weighted by atomic mass is 16.5. The molecular formula is C22H23N3O4. The summed E-state index contributed by atoms with van der Waals surface area (Å²) in [5.74, 6) is 1.50. The van der Waals surface area contributed by atoms with E-state index in [0.717, 1.165) is 22.4 Å². The number of ether oxygens (including phenoxy) is 1. The Morgan fingerprint density at radius 2 is 2.03 bits per heavy atom. The Morgan fingerprint density at radius 3 is 2.83 bits per heavy atom. The van der Waals surface area contributed by atoms with Crippen molar-refractivity contribution in [2.24, 2.45) is 0 Å². The second kappa shape index (κ2) is 8.45. The fraction of sp³-hybridized carbons (Fsp3) is 0.318. The molecule has 0 saturated carbocycles. The van der Waals surface area contributed by atoms with E-state index in [1.807, 2.05) is 55.5 Å². The number of aliphatic hydroxyl groups is 1. The van der Waals surface area contributed by atoms with Gasteiger partial charge in [-0.2, -0.15) is 4.98 Å². The molecule has 2 aromatic carbocycles. The van der Waals surface area contributed by atoms with Crippen LogP contribution in [0.5, 0.6) is 5.75 Å². The third-order valence-electron chi connectivity index (χ3n) is 4.98. The van der Waals surface area contributed by atoms with Crippen LogP contribution in [-0.2, 0) is 17.6 Å². The van der Waals surface area contributed by atoms with Crippen LogP contribution in [0.2, 0.25) is 0 Å². The zero-order valence-corrected chi connectivity index (χ0v) is 16.2. The van der Waals surface area contributed by atoms with Crippen molar-refractivity contribution in [1.29, 1.82) is 0 Å². The maximum atomic E-state index is 12.4. The Bertz CT molecular complexity index is 984. The number of carbonyl (C=O) groups excluding carboxylic acids is 1. The molecule has 4 rings (SSSR count). The Balaban J connectivity index is 1.33. The number of aliphatic hydroxyl groups excluding tert-OH is 1. The number of aromatic nitrogens is 2. The van der Waals surface area contributed by atoms with Crippen LogP contribution < -0.4 is 10.1 Å². The molecule has 0 radical (unpaired) electrons. The van der Waals surface area contributed by atoms with Crippen molar-refractivity contribution in [2.75, 3.05) is 6.61 Å². The molecule has 1 aromatic heterocycles. The highest BCUT2D eigenvalue weighted by Gasteiger charge is 2.31. The van der Waals surface area contributed by atoms with Gasteiger partial charge in [-0.15, -0.1) is 0 Å². The van der Waals surface area contributed by atoms with Gasteiger partial charge in [-0.1, -0.05) is 29.4 Å². The predicted octanol–water partition coefficient (Wildman–Crippen LogP) is 2.84. The van der Waals surface area contributed by atoms with Gasteiger partial charge in [-0.3, -0.25) is 4.79 Å². The zero-order valence-electron chi connectivity index (χ0n) is 16.2. The van der Waals surface area contributed by atoms with E-state index in [2.05, 4.69) is 15.5 Å². The minimum absolute atomic E-state index is 0.161. The molecule has 2 unspecified atom stereocenters. The van der Waals surface area contributed by atoms with Gasteiger partial charge in [0.05, 0.1) is 18.8 Å². The van der Waals surface area contributed by atoms with E-state index >= 15 is 0 Å². The van der Waals surface area contributed by atoms with E-state index < -0.39 is 6.10 Å². The molecule has 1 aliphatic carbocycles. The summed E-state index contributed by atoms with van der Waals surface area (Å²) in [6, 6.07) is 14.8. The molecule has 29 heavy (non-hydrogen) atoms. The quantitative estimate of drug-likeness (QED) is 0.641. The Kier molecular flexibility index (Phi) is 5.57. The summed E-state index contributed by atoms with van der Waals surface area (Å²) in [7, 11) is 0. The highest BCUT2D eigenvalue weighted by Crippen LogP contribution is 2.31. The van der Waals surface area contributed by atoms with Crippen molar-refractivity contribution in [1.82, 2.24) is 15.5 Å². The maximum absolute atomic E-state index is 12.4. The number of nitrogens with zero attached hydrogens (tertiary/aromatic N) is 2. The average molecular weight is 393 g/mol. The topological polar surface area (TPSA) is 97.5 Å². The smallest absolute Gasteiger partial charge is 0.227 e. The second-order valence-corrected chi connectivity index (χ2v) is 6.98. The van der Waals surface area contributed by atoms with E-state index in [9.17, 15) is 9.90 Å². The van der Waals surface area contributed by atoms with Crippen LogP contribution in [-0.4, -0.2) is 33.9 Å². The lowest BCUT2D eigenvalue weighted by molar-refractivity contribution is -0.122. The molecule has 2 atom stereocenters. The molecule has 0 aliphatic heterocycles. The molecule has 7 heteroatoms. The van der Waals surface area contributed by atoms with Gasteiger partial charge in [-0.25, -0.2) is 0 Å². The Hall–Kier alpha value is -3.19. The summed E-state index contributed by atoms with van der Waals surface area (Å²) in [6.45, 7) is 2.54. The largest absolute Gasteiger partial charge is 0.494 e. The number of nitrogens with one attached hydrogen (secondary N) is 1. The van der Waals surface area contributed by atoms with E-state index in [1.165, 1.54) is 0 Å². The van der Waals surface area contributed by atoms with Gasteiger partial charge >= 0.3 is 0 Å². The number of fused-ring (bicyclic) bond motifs is 1. The molecule has 0 fully saturated rings. The van der Waals surface area contributed by atoms with Gasteiger partial charge in [-0.05, 0) is 42.3 Å². The van der Waals surface area contributed by atoms with Gasteiger partial charge in [0.15, 0.2) is 0 Å². The van der Waals surface area contributed by atoms with Gasteiger partial charge in [0.1, 0.15) is 5.75 Å². The summed E-state index contributed by atoms with van der Waals surface area (Å²) in [6.07, 6.45) is 0.485. The number of aryl methyl sites for hydroxylation is 1. The summed E-state index contributed by atoms with van der Waals surface area (Å²) < 4.78 is 10.7. The number of carbonyl (C=O) groups is 1. The second-order valence-electron chi connectivity index (χ2n) is 6.98. The van der Waals surface area contributed by atoms with Crippen molar-refractivity contribution in [3.05, 3.63) is 65.5 Å². The molecule has 1 heterocycles. The lowest BCUT2D eigenvalue weighted by atomic mass is 10.1. The van der Waals surface area contributed by atoms with E-state index in [1.54, 1.807) is 0 Å². The first-order valence-electron chi connectivity index (χ1n) is 9.75. The van der Waals surface area contributed by atoms with Crippen LogP contribution in [0.1, 0.15) is 36.4 Å². The molecule has 0 spiro atoms. The lowest BCUT2D eigenvalue weighted by Gasteiger charge is -2.17. The number of hydrogen-bond acceptors (Lipinski definition) is 6. The van der Waals surface area contributed by atoms with Crippen molar-refractivity contribution in [3.63, 3.8) is 0 Å². The molecule has 3 aromatic rings. The van der Waals surface area contributed by atoms with Crippen molar-refractivity contribution in [3.8, 4) is 17.1 Å². The Morgan fingerprint density at radius 1 is 1.24 bits per heavy atom. The third-order valence-corrected chi connectivity index (χ3v) is 4.98. The first-order chi connectivity index (χ1) is 14.1. The third kappa shape index (κ3) is 4.30. The zero-order chi connectivity index (χ0) is 20.2. The average Bonchev–Trinajstić information content (AvgIpc) is 3.32. The maximum Gasteiger partial charge on any atom is 0.227 e. The van der Waals surface area contributed by atoms with Crippen LogP contribution in [0.15, 0.2) is 53.1 Å². The SMILES string of the molecule is CCOc1ccc(-c2noc(CCC(=O)NC3c4ccccc4CC3O)n2)cc1. The van der Waals surface area contributed by atoms with E-state index in [0.29, 0.717) is 31.2 Å². The van der Waals surface area contributed by atoms with Gasteiger partial charge in [0.25, 0.3) is 0 Å². The minimum Gasteiger partial charge on any atom is -0.494 e. The van der Waals surface area contributed by atoms with Crippen molar-refractivity contribution < 1.29 is 19.2 Å². The molecule has 2 N–H and O–H groups in total. The molecule has 1 amide bonds.